The Hall–Kier alpha value is -3.20. The number of nitrogens with one attached hydrogen (secondary N) is 1. The number of benzene rings is 2. The Bertz CT molecular complexity index is 1170. The number of esters is 1. The second-order valence-corrected chi connectivity index (χ2v) is 8.39. The van der Waals surface area contributed by atoms with Crippen LogP contribution in [-0.4, -0.2) is 44.6 Å². The molecule has 2 aromatic carbocycles. The topological polar surface area (TPSA) is 101 Å². The third-order valence-electron chi connectivity index (χ3n) is 4.75. The van der Waals surface area contributed by atoms with Crippen LogP contribution in [0.15, 0.2) is 53.4 Å². The van der Waals surface area contributed by atoms with Crippen LogP contribution >= 0.6 is 0 Å². The molecule has 1 aromatic heterocycles. The summed E-state index contributed by atoms with van der Waals surface area (Å²) in [5.74, 6) is 0.0771. The molecule has 0 aliphatic carbocycles. The summed E-state index contributed by atoms with van der Waals surface area (Å²) < 4.78 is 33.3. The van der Waals surface area contributed by atoms with E-state index in [1.165, 1.54) is 31.4 Å². The molecule has 1 N–H and O–H groups in total. The highest BCUT2D eigenvalue weighted by Crippen LogP contribution is 2.29. The number of carbonyl (C=O) groups excluding carboxylic acids is 1. The van der Waals surface area contributed by atoms with Gasteiger partial charge in [-0.1, -0.05) is 18.2 Å². The van der Waals surface area contributed by atoms with Gasteiger partial charge >= 0.3 is 5.97 Å². The van der Waals surface area contributed by atoms with E-state index in [9.17, 15) is 13.2 Å². The molecule has 8 nitrogen and oxygen atoms in total. The van der Waals surface area contributed by atoms with Crippen LogP contribution in [0.2, 0.25) is 0 Å². The van der Waals surface area contributed by atoms with Crippen LogP contribution in [0, 0.1) is 0 Å². The van der Waals surface area contributed by atoms with Crippen molar-refractivity contribution < 1.29 is 17.9 Å². The van der Waals surface area contributed by atoms with Crippen LogP contribution in [0.4, 0.5) is 11.6 Å². The molecule has 29 heavy (non-hydrogen) atoms. The Morgan fingerprint density at radius 1 is 1.03 bits per heavy atom. The smallest absolute Gasteiger partial charge is 0.337 e. The number of sulfonamides is 1. The fourth-order valence-electron chi connectivity index (χ4n) is 3.30. The third-order valence-corrected chi connectivity index (χ3v) is 6.09. The number of para-hydroxylation sites is 2. The van der Waals surface area contributed by atoms with Crippen LogP contribution < -0.4 is 9.62 Å². The molecular formula is C20H20N4O4S. The lowest BCUT2D eigenvalue weighted by Gasteiger charge is -2.20. The van der Waals surface area contributed by atoms with E-state index in [4.69, 9.17) is 0 Å². The first-order valence-electron chi connectivity index (χ1n) is 9.21. The maximum Gasteiger partial charge on any atom is 0.337 e. The molecule has 1 aliphatic rings. The fraction of sp³-hybridized carbons (Fsp3) is 0.250. The highest BCUT2D eigenvalue weighted by atomic mass is 32.2. The first kappa shape index (κ1) is 19.1. The summed E-state index contributed by atoms with van der Waals surface area (Å²) >= 11 is 0. The van der Waals surface area contributed by atoms with Gasteiger partial charge in [0.25, 0.3) is 10.0 Å². The Balaban J connectivity index is 1.76. The number of aromatic nitrogens is 2. The number of rotatable bonds is 5. The average Bonchev–Trinajstić information content (AvgIpc) is 3.27. The van der Waals surface area contributed by atoms with E-state index < -0.39 is 16.0 Å². The number of fused-ring (bicyclic) bond motifs is 1. The number of carbonyl (C=O) groups is 1. The van der Waals surface area contributed by atoms with Crippen LogP contribution in [0.5, 0.6) is 0 Å². The van der Waals surface area contributed by atoms with Crippen molar-refractivity contribution in [2.24, 2.45) is 0 Å². The molecule has 1 fully saturated rings. The maximum atomic E-state index is 13.0. The Morgan fingerprint density at radius 3 is 2.41 bits per heavy atom. The van der Waals surface area contributed by atoms with Crippen molar-refractivity contribution in [1.82, 2.24) is 9.97 Å². The predicted octanol–water partition coefficient (Wildman–Crippen LogP) is 2.82. The molecular weight excluding hydrogens is 392 g/mol. The summed E-state index contributed by atoms with van der Waals surface area (Å²) in [6.07, 6.45) is 2.03. The summed E-state index contributed by atoms with van der Waals surface area (Å²) in [4.78, 5) is 22.9. The molecule has 0 spiro atoms. The van der Waals surface area contributed by atoms with Crippen LogP contribution in [0.1, 0.15) is 23.2 Å². The van der Waals surface area contributed by atoms with Gasteiger partial charge in [0.15, 0.2) is 11.6 Å². The van der Waals surface area contributed by atoms with Gasteiger partial charge in [-0.25, -0.2) is 23.2 Å². The first-order valence-corrected chi connectivity index (χ1v) is 10.7. The highest BCUT2D eigenvalue weighted by Gasteiger charge is 2.24. The van der Waals surface area contributed by atoms with Gasteiger partial charge in [-0.15, -0.1) is 0 Å². The van der Waals surface area contributed by atoms with E-state index in [1.807, 2.05) is 23.1 Å². The van der Waals surface area contributed by atoms with Gasteiger partial charge in [0, 0.05) is 13.1 Å². The lowest BCUT2D eigenvalue weighted by atomic mass is 10.2. The zero-order chi connectivity index (χ0) is 20.4. The molecule has 4 rings (SSSR count). The maximum absolute atomic E-state index is 13.0. The van der Waals surface area contributed by atoms with Crippen LogP contribution in [0.3, 0.4) is 0 Å². The zero-order valence-electron chi connectivity index (χ0n) is 15.8. The highest BCUT2D eigenvalue weighted by molar-refractivity contribution is 7.92. The van der Waals surface area contributed by atoms with Gasteiger partial charge in [0.05, 0.1) is 28.6 Å². The van der Waals surface area contributed by atoms with Crippen molar-refractivity contribution in [2.45, 2.75) is 17.7 Å². The minimum Gasteiger partial charge on any atom is -0.465 e. The monoisotopic (exact) mass is 412 g/mol. The lowest BCUT2D eigenvalue weighted by Crippen LogP contribution is -2.23. The molecule has 1 aliphatic heterocycles. The Labute approximate surface area is 168 Å². The van der Waals surface area contributed by atoms with Crippen molar-refractivity contribution in [2.75, 3.05) is 29.8 Å². The Kier molecular flexibility index (Phi) is 5.06. The Morgan fingerprint density at radius 2 is 1.72 bits per heavy atom. The molecule has 0 radical (unpaired) electrons. The fourth-order valence-corrected chi connectivity index (χ4v) is 4.35. The third kappa shape index (κ3) is 3.86. The SMILES string of the molecule is COC(=O)c1cccc(S(=O)(=O)Nc2nc3ccccc3nc2N2CCCC2)c1. The van der Waals surface area contributed by atoms with Crippen molar-refractivity contribution in [3.8, 4) is 0 Å². The molecule has 0 amide bonds. The molecule has 1 saturated heterocycles. The summed E-state index contributed by atoms with van der Waals surface area (Å²) in [5.41, 5.74) is 1.45. The summed E-state index contributed by atoms with van der Waals surface area (Å²) in [6.45, 7) is 1.58. The number of hydrogen-bond donors (Lipinski definition) is 1. The molecule has 3 aromatic rings. The second kappa shape index (κ2) is 7.67. The quantitative estimate of drug-likeness (QED) is 0.643. The minimum absolute atomic E-state index is 0.0530. The second-order valence-electron chi connectivity index (χ2n) is 6.70. The van der Waals surface area contributed by atoms with E-state index in [1.54, 1.807) is 6.07 Å². The van der Waals surface area contributed by atoms with Crippen molar-refractivity contribution in [3.63, 3.8) is 0 Å². The first-order chi connectivity index (χ1) is 14.0. The number of anilines is 2. The lowest BCUT2D eigenvalue weighted by molar-refractivity contribution is 0.0600. The van der Waals surface area contributed by atoms with Crippen molar-refractivity contribution in [3.05, 3.63) is 54.1 Å². The van der Waals surface area contributed by atoms with Gasteiger partial charge in [-0.3, -0.25) is 4.72 Å². The summed E-state index contributed by atoms with van der Waals surface area (Å²) in [6, 6.07) is 13.0. The number of ether oxygens (including phenoxy) is 1. The number of methoxy groups -OCH3 is 1. The summed E-state index contributed by atoms with van der Waals surface area (Å²) in [7, 11) is -2.74. The van der Waals surface area contributed by atoms with E-state index in [0.717, 1.165) is 25.9 Å². The number of hydrogen-bond acceptors (Lipinski definition) is 7. The van der Waals surface area contributed by atoms with Gasteiger partial charge in [-0.2, -0.15) is 0 Å². The molecule has 150 valence electrons. The normalized spacial score (nSPS) is 14.2. The zero-order valence-corrected chi connectivity index (χ0v) is 16.6. The van der Waals surface area contributed by atoms with Gasteiger partial charge in [-0.05, 0) is 43.2 Å². The van der Waals surface area contributed by atoms with E-state index in [0.29, 0.717) is 16.9 Å². The van der Waals surface area contributed by atoms with E-state index in [-0.39, 0.29) is 16.3 Å². The van der Waals surface area contributed by atoms with Gasteiger partial charge < -0.3 is 9.64 Å². The molecule has 0 unspecified atom stereocenters. The van der Waals surface area contributed by atoms with Crippen LogP contribution in [-0.2, 0) is 14.8 Å². The molecule has 0 atom stereocenters. The van der Waals surface area contributed by atoms with E-state index in [2.05, 4.69) is 19.4 Å². The predicted molar refractivity (Wildman–Crippen MR) is 110 cm³/mol. The molecule has 2 heterocycles. The minimum atomic E-state index is -3.99. The van der Waals surface area contributed by atoms with Crippen LogP contribution in [0.25, 0.3) is 11.0 Å². The standard InChI is InChI=1S/C20H20N4O4S/c1-28-20(25)14-7-6-8-15(13-14)29(26,27)23-18-19(24-11-4-5-12-24)22-17-10-3-2-9-16(17)21-18/h2-3,6-10,13H,4-5,11-12H2,1H3,(H,21,23). The molecule has 0 saturated carbocycles. The molecule has 9 heteroatoms. The number of nitrogens with zero attached hydrogens (tertiary/aromatic N) is 3. The van der Waals surface area contributed by atoms with Gasteiger partial charge in [0.1, 0.15) is 0 Å². The van der Waals surface area contributed by atoms with Crippen molar-refractivity contribution in [1.29, 1.82) is 0 Å². The average molecular weight is 412 g/mol. The van der Waals surface area contributed by atoms with Crippen molar-refractivity contribution >= 4 is 38.7 Å². The largest absolute Gasteiger partial charge is 0.465 e. The van der Waals surface area contributed by atoms with E-state index >= 15 is 0 Å². The summed E-state index contributed by atoms with van der Waals surface area (Å²) in [5, 5.41) is 0. The van der Waals surface area contributed by atoms with Gasteiger partial charge in [0.2, 0.25) is 0 Å². The molecule has 0 bridgehead atoms.